The number of nitrogens with one attached hydrogen (secondary N) is 1. The van der Waals surface area contributed by atoms with E-state index < -0.39 is 7.82 Å². The Balaban J connectivity index is 2.63. The van der Waals surface area contributed by atoms with E-state index in [0.717, 1.165) is 0 Å². The van der Waals surface area contributed by atoms with Crippen LogP contribution in [0.3, 0.4) is 0 Å². The van der Waals surface area contributed by atoms with Crippen LogP contribution >= 0.6 is 20.7 Å². The molecule has 1 rings (SSSR count). The molecule has 0 aromatic carbocycles. The van der Waals surface area contributed by atoms with E-state index in [1.54, 1.807) is 0 Å². The summed E-state index contributed by atoms with van der Waals surface area (Å²) in [7, 11) is -4.07. The summed E-state index contributed by atoms with van der Waals surface area (Å²) < 4.78 is 18.9. The van der Waals surface area contributed by atoms with Crippen LogP contribution in [0.4, 0.5) is 0 Å². The molecule has 6 nitrogen and oxygen atoms in total. The second-order valence-corrected chi connectivity index (χ2v) is 3.34. The van der Waals surface area contributed by atoms with E-state index in [0.29, 0.717) is 0 Å². The first-order chi connectivity index (χ1) is 5.14. The Morgan fingerprint density at radius 3 is 3.00 bits per heavy atom. The summed E-state index contributed by atoms with van der Waals surface area (Å²) in [5.74, 6) is 0.0462. The van der Waals surface area contributed by atoms with Crippen molar-refractivity contribution in [2.45, 2.75) is 0 Å². The number of hydrogen-bond donors (Lipinski definition) is 3. The van der Waals surface area contributed by atoms with Gasteiger partial charge < -0.3 is 4.52 Å². The molecule has 1 atom stereocenters. The number of H-pyrrole nitrogens is 1. The summed E-state index contributed by atoms with van der Waals surface area (Å²) >= 11 is 3.14. The van der Waals surface area contributed by atoms with Gasteiger partial charge in [0, 0.05) is 6.07 Å². The maximum atomic E-state index is 10.6. The fourth-order valence-corrected chi connectivity index (χ4v) is 0.918. The monoisotopic (exact) mass is 196 g/mol. The zero-order valence-corrected chi connectivity index (χ0v) is 6.96. The summed E-state index contributed by atoms with van der Waals surface area (Å²) in [6, 6.07) is 1.37. The molecule has 0 bridgehead atoms. The SMILES string of the molecule is O=P(O)(OS)Oc1ccn[nH]1. The Morgan fingerprint density at radius 2 is 2.55 bits per heavy atom. The molecule has 2 N–H and O–H groups in total. The van der Waals surface area contributed by atoms with Crippen molar-refractivity contribution in [1.29, 1.82) is 0 Å². The molecule has 0 saturated carbocycles. The molecular formula is C3H5N2O4PS. The average molecular weight is 196 g/mol. The standard InChI is InChI=1S/C3H5N2O4PS/c6-10(7,9-11)8-3-1-2-4-5-3/h1-2,11H,(H,4,5)(H,6,7). The lowest BCUT2D eigenvalue weighted by molar-refractivity contribution is 0.303. The van der Waals surface area contributed by atoms with Crippen molar-refractivity contribution in [2.75, 3.05) is 0 Å². The van der Waals surface area contributed by atoms with Gasteiger partial charge in [-0.1, -0.05) is 0 Å². The normalized spacial score (nSPS) is 15.8. The Hall–Kier alpha value is -0.490. The molecule has 0 fully saturated rings. The van der Waals surface area contributed by atoms with Crippen molar-refractivity contribution in [3.05, 3.63) is 12.3 Å². The highest BCUT2D eigenvalue weighted by molar-refractivity contribution is 7.80. The predicted octanol–water partition coefficient (Wildman–Crippen LogP) is 0.750. The third kappa shape index (κ3) is 2.55. The zero-order chi connectivity index (χ0) is 8.32. The van der Waals surface area contributed by atoms with Gasteiger partial charge in [0.2, 0.25) is 5.88 Å². The molecule has 11 heavy (non-hydrogen) atoms. The van der Waals surface area contributed by atoms with E-state index in [1.165, 1.54) is 12.3 Å². The van der Waals surface area contributed by atoms with Crippen molar-refractivity contribution < 1.29 is 18.0 Å². The number of hydrogen-bond acceptors (Lipinski definition) is 5. The Kier molecular flexibility index (Phi) is 2.56. The first kappa shape index (κ1) is 8.61. The van der Waals surface area contributed by atoms with Crippen molar-refractivity contribution >= 4 is 20.7 Å². The van der Waals surface area contributed by atoms with E-state index in [9.17, 15) is 4.57 Å². The lowest BCUT2D eigenvalue weighted by Crippen LogP contribution is -1.91. The van der Waals surface area contributed by atoms with Crippen molar-refractivity contribution in [2.24, 2.45) is 0 Å². The molecule has 1 aromatic heterocycles. The highest BCUT2D eigenvalue weighted by Crippen LogP contribution is 2.43. The van der Waals surface area contributed by atoms with E-state index in [1.807, 2.05) is 0 Å². The van der Waals surface area contributed by atoms with Crippen LogP contribution < -0.4 is 4.52 Å². The van der Waals surface area contributed by atoms with Crippen LogP contribution in [0.25, 0.3) is 0 Å². The fraction of sp³-hybridized carbons (Fsp3) is 0. The van der Waals surface area contributed by atoms with Crippen LogP contribution in [0, 0.1) is 0 Å². The quantitative estimate of drug-likeness (QED) is 0.377. The van der Waals surface area contributed by atoms with Crippen LogP contribution in [-0.2, 0) is 8.54 Å². The lowest BCUT2D eigenvalue weighted by atomic mass is 10.7. The molecule has 0 aliphatic carbocycles. The minimum atomic E-state index is -4.07. The number of phosphoric ester groups is 1. The highest BCUT2D eigenvalue weighted by Gasteiger charge is 2.21. The number of thiol groups is 1. The average Bonchev–Trinajstić information content (AvgIpc) is 2.39. The molecule has 1 heterocycles. The van der Waals surface area contributed by atoms with Crippen molar-refractivity contribution in [3.63, 3.8) is 0 Å². The molecular weight excluding hydrogens is 191 g/mol. The maximum Gasteiger partial charge on any atom is 0.539 e. The van der Waals surface area contributed by atoms with Gasteiger partial charge in [0.15, 0.2) is 0 Å². The number of aromatic nitrogens is 2. The van der Waals surface area contributed by atoms with Gasteiger partial charge >= 0.3 is 7.82 Å². The Morgan fingerprint density at radius 1 is 1.82 bits per heavy atom. The van der Waals surface area contributed by atoms with E-state index >= 15 is 0 Å². The summed E-state index contributed by atoms with van der Waals surface area (Å²) in [6.07, 6.45) is 1.37. The molecule has 0 aliphatic rings. The van der Waals surface area contributed by atoms with Crippen LogP contribution in [-0.4, -0.2) is 15.1 Å². The summed E-state index contributed by atoms with van der Waals surface area (Å²) in [5, 5.41) is 5.79. The molecule has 0 aliphatic heterocycles. The van der Waals surface area contributed by atoms with Gasteiger partial charge in [-0.3, -0.25) is 4.89 Å². The largest absolute Gasteiger partial charge is 0.539 e. The minimum absolute atomic E-state index is 0.0462. The van der Waals surface area contributed by atoms with Crippen molar-refractivity contribution in [1.82, 2.24) is 10.2 Å². The lowest BCUT2D eigenvalue weighted by Gasteiger charge is -2.05. The van der Waals surface area contributed by atoms with E-state index in [-0.39, 0.29) is 5.88 Å². The summed E-state index contributed by atoms with van der Waals surface area (Å²) in [4.78, 5) is 8.68. The number of aromatic amines is 1. The van der Waals surface area contributed by atoms with Gasteiger partial charge in [-0.05, 0) is 12.9 Å². The van der Waals surface area contributed by atoms with Gasteiger partial charge in [0.05, 0.1) is 6.20 Å². The minimum Gasteiger partial charge on any atom is -0.386 e. The molecule has 62 valence electrons. The predicted molar refractivity (Wildman–Crippen MR) is 39.1 cm³/mol. The van der Waals surface area contributed by atoms with Gasteiger partial charge in [-0.15, -0.1) is 0 Å². The van der Waals surface area contributed by atoms with Gasteiger partial charge in [-0.25, -0.2) is 13.6 Å². The third-order valence-corrected chi connectivity index (χ3v) is 2.04. The molecule has 0 radical (unpaired) electrons. The Bertz CT molecular complexity index is 262. The first-order valence-electron chi connectivity index (χ1n) is 2.49. The molecule has 8 heteroatoms. The van der Waals surface area contributed by atoms with Crippen LogP contribution in [0.5, 0.6) is 5.88 Å². The second kappa shape index (κ2) is 3.27. The fourth-order valence-electron chi connectivity index (χ4n) is 0.435. The smallest absolute Gasteiger partial charge is 0.386 e. The van der Waals surface area contributed by atoms with E-state index in [2.05, 4.69) is 31.6 Å². The second-order valence-electron chi connectivity index (χ2n) is 1.56. The topological polar surface area (TPSA) is 84.4 Å². The van der Waals surface area contributed by atoms with Gasteiger partial charge in [-0.2, -0.15) is 5.10 Å². The van der Waals surface area contributed by atoms with Crippen molar-refractivity contribution in [3.8, 4) is 5.88 Å². The number of rotatable bonds is 3. The Labute approximate surface area is 67.8 Å². The maximum absolute atomic E-state index is 10.6. The summed E-state index contributed by atoms with van der Waals surface area (Å²) in [6.45, 7) is 0. The third-order valence-electron chi connectivity index (χ3n) is 0.792. The zero-order valence-electron chi connectivity index (χ0n) is 5.17. The summed E-state index contributed by atoms with van der Waals surface area (Å²) in [5.41, 5.74) is 0. The van der Waals surface area contributed by atoms with Gasteiger partial charge in [0.1, 0.15) is 0 Å². The number of phosphoric acid groups is 1. The molecule has 0 saturated heterocycles. The molecule has 1 aromatic rings. The first-order valence-corrected chi connectivity index (χ1v) is 4.35. The van der Waals surface area contributed by atoms with Crippen LogP contribution in [0.1, 0.15) is 0 Å². The van der Waals surface area contributed by atoms with Crippen LogP contribution in [0.15, 0.2) is 12.3 Å². The highest BCUT2D eigenvalue weighted by atomic mass is 32.1. The molecule has 1 unspecified atom stereocenters. The van der Waals surface area contributed by atoms with Crippen LogP contribution in [0.2, 0.25) is 0 Å². The molecule has 0 amide bonds. The number of nitrogens with zero attached hydrogens (tertiary/aromatic N) is 1. The van der Waals surface area contributed by atoms with Gasteiger partial charge in [0.25, 0.3) is 0 Å². The molecule has 0 spiro atoms. The van der Waals surface area contributed by atoms with E-state index in [4.69, 9.17) is 4.89 Å².